The van der Waals surface area contributed by atoms with Crippen LogP contribution in [0.2, 0.25) is 0 Å². The van der Waals surface area contributed by atoms with Gasteiger partial charge in [-0.1, -0.05) is 30.3 Å². The molecule has 0 bridgehead atoms. The van der Waals surface area contributed by atoms with Crippen molar-refractivity contribution >= 4 is 5.91 Å². The molecule has 5 heteroatoms. The van der Waals surface area contributed by atoms with E-state index in [2.05, 4.69) is 5.32 Å². The maximum Gasteiger partial charge on any atom is 0.250 e. The number of likely N-dealkylation sites (N-methyl/N-ethyl adjacent to an activating group) is 1. The Morgan fingerprint density at radius 3 is 2.48 bits per heavy atom. The van der Waals surface area contributed by atoms with E-state index in [-0.39, 0.29) is 17.5 Å². The molecule has 1 amide bonds. The maximum absolute atomic E-state index is 12.7. The quantitative estimate of drug-likeness (QED) is 0.786. The molecule has 0 spiro atoms. The number of amides is 1. The zero-order valence-electron chi connectivity index (χ0n) is 15.5. The number of nitrogens with one attached hydrogen (secondary N) is 1. The summed E-state index contributed by atoms with van der Waals surface area (Å²) in [5, 5.41) is 3.00. The molecule has 2 aromatic rings. The van der Waals surface area contributed by atoms with Gasteiger partial charge in [-0.2, -0.15) is 0 Å². The predicted octanol–water partition coefficient (Wildman–Crippen LogP) is 2.27. The van der Waals surface area contributed by atoms with E-state index in [1.807, 2.05) is 63.2 Å². The number of benzene rings is 1. The summed E-state index contributed by atoms with van der Waals surface area (Å²) in [6.07, 6.45) is 0.713. The third-order valence-electron chi connectivity index (χ3n) is 4.37. The van der Waals surface area contributed by atoms with Gasteiger partial charge in [0.1, 0.15) is 6.04 Å². The van der Waals surface area contributed by atoms with E-state index in [4.69, 9.17) is 0 Å². The van der Waals surface area contributed by atoms with Crippen molar-refractivity contribution in [2.45, 2.75) is 32.9 Å². The zero-order chi connectivity index (χ0) is 18.4. The van der Waals surface area contributed by atoms with Gasteiger partial charge in [-0.3, -0.25) is 14.5 Å². The standard InChI is InChI=1S/C20H27N3O2/c1-15-9-5-6-11-17(15)19(22(3)4)20(25)21-13-8-14-23-16(2)10-7-12-18(23)24/h5-7,9-12,19H,8,13-14H2,1-4H3,(H,21,25)/t19-/m1/s1. The summed E-state index contributed by atoms with van der Waals surface area (Å²) in [4.78, 5) is 26.4. The van der Waals surface area contributed by atoms with Crippen LogP contribution in [-0.2, 0) is 11.3 Å². The van der Waals surface area contributed by atoms with E-state index in [9.17, 15) is 9.59 Å². The first-order valence-corrected chi connectivity index (χ1v) is 8.58. The molecule has 0 fully saturated rings. The van der Waals surface area contributed by atoms with Crippen molar-refractivity contribution in [3.63, 3.8) is 0 Å². The minimum atomic E-state index is -0.317. The Hall–Kier alpha value is -2.40. The zero-order valence-corrected chi connectivity index (χ0v) is 15.5. The summed E-state index contributed by atoms with van der Waals surface area (Å²) in [6, 6.07) is 12.9. The number of rotatable bonds is 7. The molecule has 0 saturated carbocycles. The van der Waals surface area contributed by atoms with Gasteiger partial charge in [0.15, 0.2) is 0 Å². The highest BCUT2D eigenvalue weighted by molar-refractivity contribution is 5.83. The average molecular weight is 341 g/mol. The van der Waals surface area contributed by atoms with Crippen molar-refractivity contribution in [3.05, 3.63) is 69.6 Å². The van der Waals surface area contributed by atoms with Gasteiger partial charge >= 0.3 is 0 Å². The molecule has 1 atom stereocenters. The van der Waals surface area contributed by atoms with Crippen molar-refractivity contribution < 1.29 is 4.79 Å². The van der Waals surface area contributed by atoms with E-state index in [1.165, 1.54) is 0 Å². The van der Waals surface area contributed by atoms with Crippen LogP contribution in [0.1, 0.15) is 29.3 Å². The first kappa shape index (κ1) is 18.9. The number of nitrogens with zero attached hydrogens (tertiary/aromatic N) is 2. The Morgan fingerprint density at radius 1 is 1.12 bits per heavy atom. The number of hydrogen-bond donors (Lipinski definition) is 1. The van der Waals surface area contributed by atoms with Crippen LogP contribution in [0.4, 0.5) is 0 Å². The monoisotopic (exact) mass is 341 g/mol. The Kier molecular flexibility index (Phi) is 6.53. The van der Waals surface area contributed by atoms with Crippen LogP contribution < -0.4 is 10.9 Å². The third-order valence-corrected chi connectivity index (χ3v) is 4.37. The molecule has 0 aliphatic rings. The van der Waals surface area contributed by atoms with E-state index >= 15 is 0 Å². The fraction of sp³-hybridized carbons (Fsp3) is 0.400. The molecule has 1 N–H and O–H groups in total. The highest BCUT2D eigenvalue weighted by atomic mass is 16.2. The Bertz CT molecular complexity index is 781. The minimum Gasteiger partial charge on any atom is -0.354 e. The smallest absolute Gasteiger partial charge is 0.250 e. The van der Waals surface area contributed by atoms with E-state index in [0.29, 0.717) is 19.5 Å². The topological polar surface area (TPSA) is 54.3 Å². The van der Waals surface area contributed by atoms with E-state index < -0.39 is 0 Å². The number of carbonyl (C=O) groups is 1. The first-order chi connectivity index (χ1) is 11.9. The minimum absolute atomic E-state index is 0.00240. The largest absolute Gasteiger partial charge is 0.354 e. The number of pyridine rings is 1. The lowest BCUT2D eigenvalue weighted by Gasteiger charge is -2.25. The molecular weight excluding hydrogens is 314 g/mol. The summed E-state index contributed by atoms with van der Waals surface area (Å²) < 4.78 is 1.73. The summed E-state index contributed by atoms with van der Waals surface area (Å²) in [5.41, 5.74) is 3.05. The third kappa shape index (κ3) is 4.79. The average Bonchev–Trinajstić information content (AvgIpc) is 2.55. The second kappa shape index (κ2) is 8.62. The second-order valence-electron chi connectivity index (χ2n) is 6.52. The predicted molar refractivity (Wildman–Crippen MR) is 101 cm³/mol. The van der Waals surface area contributed by atoms with Crippen LogP contribution in [-0.4, -0.2) is 36.0 Å². The normalized spacial score (nSPS) is 12.2. The highest BCUT2D eigenvalue weighted by Crippen LogP contribution is 2.21. The molecule has 25 heavy (non-hydrogen) atoms. The van der Waals surface area contributed by atoms with Gasteiger partial charge in [-0.25, -0.2) is 0 Å². The maximum atomic E-state index is 12.7. The van der Waals surface area contributed by atoms with Gasteiger partial charge in [0.2, 0.25) is 5.91 Å². The van der Waals surface area contributed by atoms with Gasteiger partial charge in [0, 0.05) is 24.8 Å². The van der Waals surface area contributed by atoms with Crippen molar-refractivity contribution in [1.82, 2.24) is 14.8 Å². The Labute approximate surface area is 149 Å². The number of hydrogen-bond acceptors (Lipinski definition) is 3. The van der Waals surface area contributed by atoms with Crippen molar-refractivity contribution in [2.75, 3.05) is 20.6 Å². The summed E-state index contributed by atoms with van der Waals surface area (Å²) in [5.74, 6) is -0.0172. The van der Waals surface area contributed by atoms with Crippen LogP contribution in [0, 0.1) is 13.8 Å². The van der Waals surface area contributed by atoms with Gasteiger partial charge in [-0.15, -0.1) is 0 Å². The van der Waals surface area contributed by atoms with Crippen LogP contribution in [0.3, 0.4) is 0 Å². The molecule has 1 heterocycles. The molecule has 5 nitrogen and oxygen atoms in total. The van der Waals surface area contributed by atoms with Crippen molar-refractivity contribution in [3.8, 4) is 0 Å². The van der Waals surface area contributed by atoms with Gasteiger partial charge in [0.05, 0.1) is 0 Å². The van der Waals surface area contributed by atoms with Crippen molar-refractivity contribution in [2.24, 2.45) is 0 Å². The lowest BCUT2D eigenvalue weighted by atomic mass is 10.00. The second-order valence-corrected chi connectivity index (χ2v) is 6.52. The molecule has 1 aromatic carbocycles. The van der Waals surface area contributed by atoms with Crippen LogP contribution >= 0.6 is 0 Å². The van der Waals surface area contributed by atoms with Gasteiger partial charge < -0.3 is 9.88 Å². The van der Waals surface area contributed by atoms with Gasteiger partial charge in [-0.05, 0) is 51.6 Å². The van der Waals surface area contributed by atoms with Crippen LogP contribution in [0.15, 0.2) is 47.3 Å². The van der Waals surface area contributed by atoms with E-state index in [0.717, 1.165) is 16.8 Å². The highest BCUT2D eigenvalue weighted by Gasteiger charge is 2.23. The molecule has 0 aliphatic carbocycles. The van der Waals surface area contributed by atoms with Crippen molar-refractivity contribution in [1.29, 1.82) is 0 Å². The molecule has 1 aromatic heterocycles. The molecule has 0 unspecified atom stereocenters. The first-order valence-electron chi connectivity index (χ1n) is 8.58. The summed E-state index contributed by atoms with van der Waals surface area (Å²) >= 11 is 0. The Balaban J connectivity index is 1.96. The SMILES string of the molecule is Cc1ccccc1[C@H](C(=O)NCCCn1c(C)cccc1=O)N(C)C. The molecule has 0 radical (unpaired) electrons. The molecule has 134 valence electrons. The Morgan fingerprint density at radius 2 is 1.84 bits per heavy atom. The van der Waals surface area contributed by atoms with Crippen LogP contribution in [0.5, 0.6) is 0 Å². The lowest BCUT2D eigenvalue weighted by Crippen LogP contribution is -2.38. The number of aryl methyl sites for hydroxylation is 2. The molecule has 0 saturated heterocycles. The number of carbonyl (C=O) groups excluding carboxylic acids is 1. The molecule has 0 aliphatic heterocycles. The fourth-order valence-electron chi connectivity index (χ4n) is 3.00. The molecule has 2 rings (SSSR count). The fourth-order valence-corrected chi connectivity index (χ4v) is 3.00. The summed E-state index contributed by atoms with van der Waals surface area (Å²) in [6.45, 7) is 5.07. The molecular formula is C20H27N3O2. The lowest BCUT2D eigenvalue weighted by molar-refractivity contribution is -0.125. The van der Waals surface area contributed by atoms with Crippen LogP contribution in [0.25, 0.3) is 0 Å². The summed E-state index contributed by atoms with van der Waals surface area (Å²) in [7, 11) is 3.81. The number of aromatic nitrogens is 1. The van der Waals surface area contributed by atoms with E-state index in [1.54, 1.807) is 16.7 Å². The van der Waals surface area contributed by atoms with Gasteiger partial charge in [0.25, 0.3) is 5.56 Å².